The zero-order chi connectivity index (χ0) is 22.1. The van der Waals surface area contributed by atoms with E-state index in [4.69, 9.17) is 21.1 Å². The van der Waals surface area contributed by atoms with Gasteiger partial charge in [0.2, 0.25) is 5.91 Å². The first-order valence-electron chi connectivity index (χ1n) is 9.63. The molecule has 2 aromatic carbocycles. The van der Waals surface area contributed by atoms with Crippen LogP contribution in [0, 0.1) is 0 Å². The molecular formula is C22H26BrClN2O4. The first kappa shape index (κ1) is 24.0. The summed E-state index contributed by atoms with van der Waals surface area (Å²) in [4.78, 5) is 27.0. The van der Waals surface area contributed by atoms with Crippen LogP contribution in [0.2, 0.25) is 5.02 Å². The molecule has 162 valence electrons. The maximum absolute atomic E-state index is 13.0. The minimum atomic E-state index is -0.650. The van der Waals surface area contributed by atoms with Gasteiger partial charge in [0, 0.05) is 18.1 Å². The van der Waals surface area contributed by atoms with E-state index in [0.29, 0.717) is 21.8 Å². The summed E-state index contributed by atoms with van der Waals surface area (Å²) in [6.07, 6.45) is 0.818. The summed E-state index contributed by atoms with van der Waals surface area (Å²) in [6.45, 7) is 4.31. The van der Waals surface area contributed by atoms with Crippen LogP contribution >= 0.6 is 27.5 Å². The second-order valence-electron chi connectivity index (χ2n) is 6.70. The highest BCUT2D eigenvalue weighted by Gasteiger charge is 2.26. The van der Waals surface area contributed by atoms with Crippen molar-refractivity contribution in [1.82, 2.24) is 10.2 Å². The average Bonchev–Trinajstić information content (AvgIpc) is 2.74. The highest BCUT2D eigenvalue weighted by molar-refractivity contribution is 9.10. The van der Waals surface area contributed by atoms with E-state index in [2.05, 4.69) is 21.2 Å². The number of nitrogens with one attached hydrogen (secondary N) is 1. The van der Waals surface area contributed by atoms with Crippen LogP contribution in [0.3, 0.4) is 0 Å². The largest absolute Gasteiger partial charge is 0.497 e. The number of carbonyl (C=O) groups is 2. The number of nitrogens with zero attached hydrogens (tertiary/aromatic N) is 1. The lowest BCUT2D eigenvalue weighted by molar-refractivity contribution is -0.142. The number of halogens is 2. The highest BCUT2D eigenvalue weighted by Crippen LogP contribution is 2.28. The predicted molar refractivity (Wildman–Crippen MR) is 121 cm³/mol. The van der Waals surface area contributed by atoms with E-state index in [-0.39, 0.29) is 25.0 Å². The molecule has 1 atom stereocenters. The molecule has 0 radical (unpaired) electrons. The van der Waals surface area contributed by atoms with Gasteiger partial charge < -0.3 is 19.7 Å². The Hall–Kier alpha value is -2.25. The number of benzene rings is 2. The molecule has 0 saturated carbocycles. The zero-order valence-electron chi connectivity index (χ0n) is 17.3. The summed E-state index contributed by atoms with van der Waals surface area (Å²) in [5.74, 6) is 0.722. The molecule has 2 amide bonds. The van der Waals surface area contributed by atoms with Crippen LogP contribution in [0.4, 0.5) is 0 Å². The Balaban J connectivity index is 2.15. The molecule has 8 heteroatoms. The van der Waals surface area contributed by atoms with E-state index in [0.717, 1.165) is 17.7 Å². The fourth-order valence-electron chi connectivity index (χ4n) is 2.72. The molecule has 30 heavy (non-hydrogen) atoms. The standard InChI is InChI=1S/C22H26BrClN2O4/c1-4-11-25-22(28)15(2)26(13-16-5-8-18(29-3)9-6-16)21(27)14-30-20-10-7-17(24)12-19(20)23/h5-10,12,15H,4,11,13-14H2,1-3H3,(H,25,28)/t15-/m0/s1. The lowest BCUT2D eigenvalue weighted by Crippen LogP contribution is -2.49. The summed E-state index contributed by atoms with van der Waals surface area (Å²) < 4.78 is 11.5. The van der Waals surface area contributed by atoms with Gasteiger partial charge in [-0.3, -0.25) is 9.59 Å². The maximum Gasteiger partial charge on any atom is 0.261 e. The molecule has 0 aliphatic carbocycles. The van der Waals surface area contributed by atoms with E-state index in [9.17, 15) is 9.59 Å². The van der Waals surface area contributed by atoms with Crippen LogP contribution in [0.5, 0.6) is 11.5 Å². The minimum absolute atomic E-state index is 0.202. The van der Waals surface area contributed by atoms with E-state index in [1.807, 2.05) is 31.2 Å². The van der Waals surface area contributed by atoms with Gasteiger partial charge >= 0.3 is 0 Å². The van der Waals surface area contributed by atoms with Gasteiger partial charge in [0.15, 0.2) is 6.61 Å². The molecule has 0 aliphatic heterocycles. The lowest BCUT2D eigenvalue weighted by Gasteiger charge is -2.29. The van der Waals surface area contributed by atoms with Crippen LogP contribution < -0.4 is 14.8 Å². The first-order valence-corrected chi connectivity index (χ1v) is 10.8. The summed E-state index contributed by atoms with van der Waals surface area (Å²) in [5, 5.41) is 3.40. The van der Waals surface area contributed by atoms with Crippen LogP contribution in [-0.4, -0.2) is 43.0 Å². The van der Waals surface area contributed by atoms with Gasteiger partial charge in [-0.1, -0.05) is 30.7 Å². The molecule has 0 aromatic heterocycles. The molecule has 0 bridgehead atoms. The van der Waals surface area contributed by atoms with Gasteiger partial charge in [-0.25, -0.2) is 0 Å². The van der Waals surface area contributed by atoms with Crippen LogP contribution in [0.15, 0.2) is 46.9 Å². The minimum Gasteiger partial charge on any atom is -0.497 e. The molecule has 0 saturated heterocycles. The Labute approximate surface area is 190 Å². The van der Waals surface area contributed by atoms with Gasteiger partial charge in [0.25, 0.3) is 5.91 Å². The van der Waals surface area contributed by atoms with Crippen molar-refractivity contribution in [2.24, 2.45) is 0 Å². The summed E-state index contributed by atoms with van der Waals surface area (Å²) in [6, 6.07) is 11.8. The number of ether oxygens (including phenoxy) is 2. The van der Waals surface area contributed by atoms with Gasteiger partial charge in [-0.15, -0.1) is 0 Å². The van der Waals surface area contributed by atoms with Crippen molar-refractivity contribution in [3.63, 3.8) is 0 Å². The molecule has 0 fully saturated rings. The van der Waals surface area contributed by atoms with Crippen molar-refractivity contribution < 1.29 is 19.1 Å². The number of amides is 2. The molecular weight excluding hydrogens is 472 g/mol. The van der Waals surface area contributed by atoms with Crippen molar-refractivity contribution in [3.8, 4) is 11.5 Å². The smallest absolute Gasteiger partial charge is 0.261 e. The first-order chi connectivity index (χ1) is 14.3. The molecule has 6 nitrogen and oxygen atoms in total. The van der Waals surface area contributed by atoms with E-state index in [1.165, 1.54) is 4.90 Å². The van der Waals surface area contributed by atoms with E-state index < -0.39 is 6.04 Å². The number of methoxy groups -OCH3 is 1. The molecule has 0 unspecified atom stereocenters. The van der Waals surface area contributed by atoms with Crippen molar-refractivity contribution in [3.05, 3.63) is 57.5 Å². The number of hydrogen-bond acceptors (Lipinski definition) is 4. The van der Waals surface area contributed by atoms with Gasteiger partial charge in [0.1, 0.15) is 17.5 Å². The van der Waals surface area contributed by atoms with Crippen LogP contribution in [0.25, 0.3) is 0 Å². The van der Waals surface area contributed by atoms with Gasteiger partial charge in [0.05, 0.1) is 11.6 Å². The van der Waals surface area contributed by atoms with Crippen molar-refractivity contribution in [2.75, 3.05) is 20.3 Å². The summed E-state index contributed by atoms with van der Waals surface area (Å²) in [7, 11) is 1.59. The van der Waals surface area contributed by atoms with Crippen LogP contribution in [-0.2, 0) is 16.1 Å². The summed E-state index contributed by atoms with van der Waals surface area (Å²) in [5.41, 5.74) is 0.881. The topological polar surface area (TPSA) is 67.9 Å². The average molecular weight is 498 g/mol. The second-order valence-corrected chi connectivity index (χ2v) is 7.99. The number of rotatable bonds is 10. The molecule has 0 heterocycles. The highest BCUT2D eigenvalue weighted by atomic mass is 79.9. The second kappa shape index (κ2) is 11.8. The Kier molecular flexibility index (Phi) is 9.46. The van der Waals surface area contributed by atoms with Crippen molar-refractivity contribution >= 4 is 39.3 Å². The Bertz CT molecular complexity index is 861. The fraction of sp³-hybridized carbons (Fsp3) is 0.364. The molecule has 0 spiro atoms. The van der Waals surface area contributed by atoms with E-state index >= 15 is 0 Å². The van der Waals surface area contributed by atoms with Crippen LogP contribution in [0.1, 0.15) is 25.8 Å². The Morgan fingerprint density at radius 2 is 1.90 bits per heavy atom. The lowest BCUT2D eigenvalue weighted by atomic mass is 10.1. The fourth-order valence-corrected chi connectivity index (χ4v) is 3.52. The normalized spacial score (nSPS) is 11.5. The van der Waals surface area contributed by atoms with Crippen molar-refractivity contribution in [2.45, 2.75) is 32.9 Å². The third-order valence-electron chi connectivity index (χ3n) is 4.47. The Morgan fingerprint density at radius 3 is 2.50 bits per heavy atom. The molecule has 2 rings (SSSR count). The summed E-state index contributed by atoms with van der Waals surface area (Å²) >= 11 is 9.32. The third-order valence-corrected chi connectivity index (χ3v) is 5.33. The monoisotopic (exact) mass is 496 g/mol. The predicted octanol–water partition coefficient (Wildman–Crippen LogP) is 4.43. The maximum atomic E-state index is 13.0. The van der Waals surface area contributed by atoms with Gasteiger partial charge in [-0.2, -0.15) is 0 Å². The zero-order valence-corrected chi connectivity index (χ0v) is 19.6. The SMILES string of the molecule is CCCNC(=O)[C@H](C)N(Cc1ccc(OC)cc1)C(=O)COc1ccc(Cl)cc1Br. The molecule has 1 N–H and O–H groups in total. The van der Waals surface area contributed by atoms with Crippen molar-refractivity contribution in [1.29, 1.82) is 0 Å². The molecule has 0 aliphatic rings. The number of hydrogen-bond donors (Lipinski definition) is 1. The quantitative estimate of drug-likeness (QED) is 0.527. The third kappa shape index (κ3) is 6.92. The van der Waals surface area contributed by atoms with E-state index in [1.54, 1.807) is 32.2 Å². The molecule has 2 aromatic rings. The number of carbonyl (C=O) groups excluding carboxylic acids is 2. The van der Waals surface area contributed by atoms with Gasteiger partial charge in [-0.05, 0) is 65.2 Å². The Morgan fingerprint density at radius 1 is 1.20 bits per heavy atom.